The maximum absolute atomic E-state index is 13.4. The average Bonchev–Trinajstić information content (AvgIpc) is 3.67. The molecule has 0 spiro atoms. The number of nitrogens with zero attached hydrogens (tertiary/aromatic N) is 1. The standard InChI is InChI=1S/C29H30F2N6O7S/c30-28(31)44-20-11-22(27(40)36-21(14-42-29(34)41)23-10-17(15-45-23)25(32)33)37(13-20)24(38)12-35-26(39)16-6-8-19(9-7-16)43-18-4-2-1-3-5-18/h1-10,15,20-22,28H,11-14H2,(H3,32,33)(H2,34,41)(H,35,39)(H,36,40)/t20-,21?,22+/m1/s1. The molecule has 1 saturated heterocycles. The van der Waals surface area contributed by atoms with Crippen LogP contribution in [0.5, 0.6) is 11.5 Å². The number of halogens is 2. The summed E-state index contributed by atoms with van der Waals surface area (Å²) in [6, 6.07) is 14.5. The number of hydrogen-bond acceptors (Lipinski definition) is 9. The number of nitrogens with one attached hydrogen (secondary N) is 3. The van der Waals surface area contributed by atoms with Gasteiger partial charge in [-0.05, 0) is 42.5 Å². The first-order chi connectivity index (χ1) is 21.5. The second-order valence-corrected chi connectivity index (χ2v) is 10.7. The number of benzene rings is 2. The number of rotatable bonds is 13. The minimum absolute atomic E-state index is 0.226. The highest BCUT2D eigenvalue weighted by Crippen LogP contribution is 2.27. The lowest BCUT2D eigenvalue weighted by molar-refractivity contribution is -0.160. The molecule has 1 aliphatic heterocycles. The molecule has 2 heterocycles. The fourth-order valence-electron chi connectivity index (χ4n) is 4.53. The molecule has 0 radical (unpaired) electrons. The molecule has 238 valence electrons. The van der Waals surface area contributed by atoms with Gasteiger partial charge in [0, 0.05) is 34.3 Å². The molecule has 1 fully saturated rings. The lowest BCUT2D eigenvalue weighted by Crippen LogP contribution is -2.50. The third kappa shape index (κ3) is 9.20. The normalized spacial score (nSPS) is 16.6. The molecule has 13 nitrogen and oxygen atoms in total. The van der Waals surface area contributed by atoms with Gasteiger partial charge < -0.3 is 41.2 Å². The fourth-order valence-corrected chi connectivity index (χ4v) is 5.47. The van der Waals surface area contributed by atoms with Gasteiger partial charge in [-0.15, -0.1) is 11.3 Å². The molecule has 3 atom stereocenters. The predicted molar refractivity (Wildman–Crippen MR) is 158 cm³/mol. The summed E-state index contributed by atoms with van der Waals surface area (Å²) in [7, 11) is 0. The second kappa shape index (κ2) is 15.1. The molecule has 1 unspecified atom stereocenters. The first kappa shape index (κ1) is 32.8. The van der Waals surface area contributed by atoms with Crippen LogP contribution in [0, 0.1) is 5.41 Å². The number of para-hydroxylation sites is 1. The van der Waals surface area contributed by atoms with E-state index in [1.165, 1.54) is 18.2 Å². The number of hydrogen-bond donors (Lipinski definition) is 5. The van der Waals surface area contributed by atoms with Crippen LogP contribution in [0.25, 0.3) is 0 Å². The Labute approximate surface area is 259 Å². The number of thiophene rings is 1. The molecule has 1 aromatic heterocycles. The monoisotopic (exact) mass is 644 g/mol. The summed E-state index contributed by atoms with van der Waals surface area (Å²) in [5.41, 5.74) is 11.2. The predicted octanol–water partition coefficient (Wildman–Crippen LogP) is 2.72. The van der Waals surface area contributed by atoms with Crippen molar-refractivity contribution in [3.05, 3.63) is 82.0 Å². The summed E-state index contributed by atoms with van der Waals surface area (Å²) in [5, 5.41) is 14.3. The quantitative estimate of drug-likeness (QED) is 0.138. The zero-order chi connectivity index (χ0) is 32.5. The van der Waals surface area contributed by atoms with Crippen LogP contribution in [-0.4, -0.2) is 73.0 Å². The third-order valence-electron chi connectivity index (χ3n) is 6.66. The number of likely N-dealkylation sites (tertiary alicyclic amines) is 1. The van der Waals surface area contributed by atoms with Gasteiger partial charge in [-0.3, -0.25) is 19.8 Å². The van der Waals surface area contributed by atoms with Gasteiger partial charge in [-0.1, -0.05) is 18.2 Å². The van der Waals surface area contributed by atoms with Crippen LogP contribution in [-0.2, 0) is 19.1 Å². The van der Waals surface area contributed by atoms with Gasteiger partial charge in [-0.2, -0.15) is 8.78 Å². The van der Waals surface area contributed by atoms with E-state index in [1.54, 1.807) is 29.6 Å². The molecule has 0 bridgehead atoms. The summed E-state index contributed by atoms with van der Waals surface area (Å²) in [5.74, 6) is -1.17. The zero-order valence-corrected chi connectivity index (χ0v) is 24.4. The fraction of sp³-hybridized carbons (Fsp3) is 0.276. The smallest absolute Gasteiger partial charge is 0.404 e. The number of carbonyl (C=O) groups excluding carboxylic acids is 4. The Kier molecular flexibility index (Phi) is 11.0. The summed E-state index contributed by atoms with van der Waals surface area (Å²) in [6.45, 7) is -4.40. The topological polar surface area (TPSA) is 199 Å². The highest BCUT2D eigenvalue weighted by molar-refractivity contribution is 7.10. The minimum atomic E-state index is -3.14. The van der Waals surface area contributed by atoms with E-state index in [-0.39, 0.29) is 31.0 Å². The Bertz CT molecular complexity index is 1520. The van der Waals surface area contributed by atoms with Gasteiger partial charge in [0.15, 0.2) is 0 Å². The summed E-state index contributed by atoms with van der Waals surface area (Å²) >= 11 is 1.12. The number of nitrogen functional groups attached to an aromatic ring is 1. The average molecular weight is 645 g/mol. The molecule has 2 aromatic carbocycles. The van der Waals surface area contributed by atoms with E-state index in [1.807, 2.05) is 18.2 Å². The van der Waals surface area contributed by atoms with Crippen molar-refractivity contribution in [3.63, 3.8) is 0 Å². The van der Waals surface area contributed by atoms with Crippen molar-refractivity contribution in [1.82, 2.24) is 15.5 Å². The Morgan fingerprint density at radius 1 is 1.02 bits per heavy atom. The van der Waals surface area contributed by atoms with Crippen LogP contribution in [0.1, 0.15) is 33.3 Å². The van der Waals surface area contributed by atoms with E-state index < -0.39 is 55.2 Å². The van der Waals surface area contributed by atoms with Crippen molar-refractivity contribution in [1.29, 1.82) is 5.41 Å². The van der Waals surface area contributed by atoms with Crippen LogP contribution in [0.3, 0.4) is 0 Å². The van der Waals surface area contributed by atoms with E-state index in [0.29, 0.717) is 21.9 Å². The molecule has 7 N–H and O–H groups in total. The molecule has 0 aliphatic carbocycles. The molecular formula is C29H30F2N6O7S. The van der Waals surface area contributed by atoms with Crippen LogP contribution in [0.15, 0.2) is 66.0 Å². The van der Waals surface area contributed by atoms with Crippen molar-refractivity contribution in [2.45, 2.75) is 31.2 Å². The Hall–Kier alpha value is -5.09. The first-order valence-corrected chi connectivity index (χ1v) is 14.4. The maximum atomic E-state index is 13.4. The Morgan fingerprint density at radius 2 is 1.71 bits per heavy atom. The maximum Gasteiger partial charge on any atom is 0.404 e. The number of nitrogens with two attached hydrogens (primary N) is 2. The molecule has 16 heteroatoms. The van der Waals surface area contributed by atoms with Crippen molar-refractivity contribution in [2.24, 2.45) is 11.5 Å². The van der Waals surface area contributed by atoms with Crippen LogP contribution in [0.4, 0.5) is 13.6 Å². The van der Waals surface area contributed by atoms with Gasteiger partial charge in [0.25, 0.3) is 5.91 Å². The van der Waals surface area contributed by atoms with E-state index in [9.17, 15) is 28.0 Å². The number of amides is 4. The highest BCUT2D eigenvalue weighted by atomic mass is 32.1. The van der Waals surface area contributed by atoms with Gasteiger partial charge >= 0.3 is 12.7 Å². The van der Waals surface area contributed by atoms with Gasteiger partial charge in [0.05, 0.1) is 18.7 Å². The lowest BCUT2D eigenvalue weighted by atomic mass is 10.1. The molecule has 0 saturated carbocycles. The molecular weight excluding hydrogens is 614 g/mol. The van der Waals surface area contributed by atoms with Gasteiger partial charge in [0.1, 0.15) is 30.0 Å². The van der Waals surface area contributed by atoms with E-state index in [0.717, 1.165) is 16.2 Å². The first-order valence-electron chi connectivity index (χ1n) is 13.5. The summed E-state index contributed by atoms with van der Waals surface area (Å²) in [4.78, 5) is 52.1. The Balaban J connectivity index is 1.42. The van der Waals surface area contributed by atoms with Crippen LogP contribution >= 0.6 is 11.3 Å². The molecule has 4 rings (SSSR count). The molecule has 4 amide bonds. The lowest BCUT2D eigenvalue weighted by Gasteiger charge is -2.26. The molecule has 3 aromatic rings. The zero-order valence-electron chi connectivity index (χ0n) is 23.6. The SMILES string of the molecule is N=C(N)c1csc(C(COC(N)=O)NC(=O)[C@@H]2C[C@@H](OC(F)F)CN2C(=O)CNC(=O)c2ccc(Oc3ccccc3)cc2)c1. The number of amidine groups is 1. The van der Waals surface area contributed by atoms with E-state index >= 15 is 0 Å². The number of primary amides is 1. The van der Waals surface area contributed by atoms with Crippen molar-refractivity contribution < 1.29 is 42.2 Å². The number of ether oxygens (including phenoxy) is 3. The summed E-state index contributed by atoms with van der Waals surface area (Å²) in [6.07, 6.45) is -2.52. The highest BCUT2D eigenvalue weighted by Gasteiger charge is 2.42. The van der Waals surface area contributed by atoms with Gasteiger partial charge in [0.2, 0.25) is 11.8 Å². The Morgan fingerprint density at radius 3 is 2.33 bits per heavy atom. The van der Waals surface area contributed by atoms with Crippen LogP contribution < -0.4 is 26.8 Å². The van der Waals surface area contributed by atoms with Crippen LogP contribution in [0.2, 0.25) is 0 Å². The van der Waals surface area contributed by atoms with Gasteiger partial charge in [-0.25, -0.2) is 4.79 Å². The summed E-state index contributed by atoms with van der Waals surface area (Å²) < 4.78 is 41.2. The third-order valence-corrected chi connectivity index (χ3v) is 7.71. The molecule has 45 heavy (non-hydrogen) atoms. The van der Waals surface area contributed by atoms with E-state index in [4.69, 9.17) is 26.4 Å². The number of alkyl halides is 2. The van der Waals surface area contributed by atoms with Crippen molar-refractivity contribution in [3.8, 4) is 11.5 Å². The second-order valence-electron chi connectivity index (χ2n) is 9.78. The number of carbonyl (C=O) groups is 4. The van der Waals surface area contributed by atoms with Crippen molar-refractivity contribution in [2.75, 3.05) is 19.7 Å². The van der Waals surface area contributed by atoms with Crippen molar-refractivity contribution >= 4 is 41.0 Å². The minimum Gasteiger partial charge on any atom is -0.457 e. The largest absolute Gasteiger partial charge is 0.457 e. The van der Waals surface area contributed by atoms with E-state index in [2.05, 4.69) is 15.4 Å². The molecule has 1 aliphatic rings.